The van der Waals surface area contributed by atoms with Gasteiger partial charge in [-0.2, -0.15) is 20.4 Å². The Hall–Kier alpha value is -4.85. The average Bonchev–Trinajstić information content (AvgIpc) is 3.64. The number of carbonyl (C=O) groups is 2. The van der Waals surface area contributed by atoms with Gasteiger partial charge in [0.15, 0.2) is 5.65 Å². The number of nitrogens with two attached hydrogens (primary N) is 1. The number of nitrogens with one attached hydrogen (secondary N) is 1. The maximum Gasteiger partial charge on any atom is 0.248 e. The van der Waals surface area contributed by atoms with E-state index in [1.54, 1.807) is 41.9 Å². The largest absolute Gasteiger partial charge is 0.326 e. The van der Waals surface area contributed by atoms with Crippen LogP contribution in [0.2, 0.25) is 0 Å². The Morgan fingerprint density at radius 3 is 2.75 bits per heavy atom. The first kappa shape index (κ1) is 25.4. The summed E-state index contributed by atoms with van der Waals surface area (Å²) in [7, 11) is 1.73. The second kappa shape index (κ2) is 10.0. The number of likely N-dealkylation sites (tertiary alicyclic amines) is 1. The minimum atomic E-state index is -1.34. The Morgan fingerprint density at radius 2 is 1.98 bits per heavy atom. The molecule has 0 radical (unpaired) electrons. The molecule has 6 rings (SSSR count). The molecule has 1 saturated heterocycles. The van der Waals surface area contributed by atoms with Crippen LogP contribution in [0.3, 0.4) is 0 Å². The van der Waals surface area contributed by atoms with E-state index in [0.717, 1.165) is 16.5 Å². The van der Waals surface area contributed by atoms with E-state index in [4.69, 9.17) is 5.73 Å². The van der Waals surface area contributed by atoms with Crippen LogP contribution in [-0.2, 0) is 29.7 Å². The summed E-state index contributed by atoms with van der Waals surface area (Å²) in [4.78, 5) is 36.7. The Labute approximate surface area is 227 Å². The van der Waals surface area contributed by atoms with Gasteiger partial charge in [0, 0.05) is 31.0 Å². The van der Waals surface area contributed by atoms with Crippen molar-refractivity contribution in [2.75, 3.05) is 11.9 Å². The van der Waals surface area contributed by atoms with Crippen LogP contribution in [0, 0.1) is 6.92 Å². The lowest BCUT2D eigenvalue weighted by Crippen LogP contribution is -2.44. The Kier molecular flexibility index (Phi) is 6.38. The lowest BCUT2D eigenvalue weighted by molar-refractivity contribution is -0.137. The van der Waals surface area contributed by atoms with E-state index in [9.17, 15) is 14.0 Å². The Morgan fingerprint density at radius 1 is 1.12 bits per heavy atom. The van der Waals surface area contributed by atoms with Crippen molar-refractivity contribution in [2.45, 2.75) is 38.6 Å². The van der Waals surface area contributed by atoms with Crippen molar-refractivity contribution in [1.82, 2.24) is 44.6 Å². The first-order chi connectivity index (χ1) is 19.3. The quantitative estimate of drug-likeness (QED) is 0.323. The van der Waals surface area contributed by atoms with Crippen LogP contribution in [0.1, 0.15) is 17.9 Å². The molecule has 0 spiro atoms. The molecule has 13 nitrogen and oxygen atoms in total. The van der Waals surface area contributed by atoms with Crippen LogP contribution in [0.5, 0.6) is 0 Å². The SMILES string of the molecule is Cc1nc(NC(=O)C2CC(F)CN2C(=O)Cn2nc(CN)c3cc(-c4ccnnc4)ccc32)c2cnn(C)c2n1. The highest BCUT2D eigenvalue weighted by atomic mass is 19.1. The molecule has 1 aliphatic rings. The third kappa shape index (κ3) is 4.51. The van der Waals surface area contributed by atoms with Crippen LogP contribution >= 0.6 is 0 Å². The number of rotatable bonds is 6. The lowest BCUT2D eigenvalue weighted by Gasteiger charge is -2.23. The predicted octanol–water partition coefficient (Wildman–Crippen LogP) is 1.51. The molecule has 2 unspecified atom stereocenters. The molecule has 14 heteroatoms. The van der Waals surface area contributed by atoms with Gasteiger partial charge in [-0.3, -0.25) is 19.0 Å². The number of carbonyl (C=O) groups excluding carboxylic acids is 2. The number of fused-ring (bicyclic) bond motifs is 2. The summed E-state index contributed by atoms with van der Waals surface area (Å²) in [6.45, 7) is 1.50. The molecular weight excluding hydrogens is 517 g/mol. The zero-order valence-corrected chi connectivity index (χ0v) is 21.8. The topological polar surface area (TPSA) is 163 Å². The number of aromatic nitrogens is 8. The number of hydrogen-bond donors (Lipinski definition) is 2. The van der Waals surface area contributed by atoms with Crippen molar-refractivity contribution in [2.24, 2.45) is 12.8 Å². The van der Waals surface area contributed by atoms with Gasteiger partial charge in [0.2, 0.25) is 11.8 Å². The van der Waals surface area contributed by atoms with E-state index < -0.39 is 24.0 Å². The number of nitrogens with zero attached hydrogens (tertiary/aromatic N) is 9. The zero-order chi connectivity index (χ0) is 28.0. The highest BCUT2D eigenvalue weighted by Crippen LogP contribution is 2.28. The lowest BCUT2D eigenvalue weighted by atomic mass is 10.1. The average molecular weight is 544 g/mol. The summed E-state index contributed by atoms with van der Waals surface area (Å²) in [6, 6.07) is 6.53. The molecule has 3 N–H and O–H groups in total. The predicted molar refractivity (Wildman–Crippen MR) is 143 cm³/mol. The minimum absolute atomic E-state index is 0.116. The monoisotopic (exact) mass is 543 g/mol. The standard InChI is InChI=1S/C26H26FN11O2/c1-14-32-24(19-11-31-36(2)25(19)33-14)34-26(40)22-8-17(27)12-37(22)23(39)13-38-21-4-3-15(16-5-6-29-30-10-16)7-18(21)20(9-28)35-38/h3-7,10-11,17,22H,8-9,12-13,28H2,1-2H3,(H,32,33,34,40). The van der Waals surface area contributed by atoms with Crippen LogP contribution in [0.25, 0.3) is 33.1 Å². The van der Waals surface area contributed by atoms with Crippen molar-refractivity contribution in [3.63, 3.8) is 0 Å². The third-order valence-corrected chi connectivity index (χ3v) is 7.04. The smallest absolute Gasteiger partial charge is 0.248 e. The maximum atomic E-state index is 14.6. The highest BCUT2D eigenvalue weighted by molar-refractivity contribution is 6.02. The van der Waals surface area contributed by atoms with Gasteiger partial charge in [0.25, 0.3) is 0 Å². The fourth-order valence-electron chi connectivity index (χ4n) is 5.11. The molecule has 1 aliphatic heterocycles. The number of amides is 2. The number of aryl methyl sites for hydroxylation is 2. The first-order valence-electron chi connectivity index (χ1n) is 12.7. The van der Waals surface area contributed by atoms with Crippen LogP contribution in [0.15, 0.2) is 42.9 Å². The number of anilines is 1. The van der Waals surface area contributed by atoms with Gasteiger partial charge in [-0.1, -0.05) is 6.07 Å². The molecule has 2 atom stereocenters. The van der Waals surface area contributed by atoms with Gasteiger partial charge in [-0.05, 0) is 30.7 Å². The van der Waals surface area contributed by atoms with E-state index in [1.165, 1.54) is 4.90 Å². The molecule has 0 aliphatic carbocycles. The summed E-state index contributed by atoms with van der Waals surface area (Å²) in [5.74, 6) is -0.249. The minimum Gasteiger partial charge on any atom is -0.326 e. The van der Waals surface area contributed by atoms with Crippen LogP contribution in [-0.4, -0.2) is 75.2 Å². The van der Waals surface area contributed by atoms with E-state index in [2.05, 4.69) is 35.7 Å². The highest BCUT2D eigenvalue weighted by Gasteiger charge is 2.40. The molecule has 4 aromatic heterocycles. The second-order valence-corrected chi connectivity index (χ2v) is 9.68. The number of halogens is 1. The van der Waals surface area contributed by atoms with E-state index >= 15 is 0 Å². The maximum absolute atomic E-state index is 14.6. The fraction of sp³-hybridized carbons (Fsp3) is 0.308. The van der Waals surface area contributed by atoms with Gasteiger partial charge in [0.05, 0.1) is 41.7 Å². The Balaban J connectivity index is 1.25. The van der Waals surface area contributed by atoms with Crippen molar-refractivity contribution >= 4 is 39.6 Å². The second-order valence-electron chi connectivity index (χ2n) is 9.68. The van der Waals surface area contributed by atoms with E-state index in [1.807, 2.05) is 24.3 Å². The summed E-state index contributed by atoms with van der Waals surface area (Å²) >= 11 is 0. The van der Waals surface area contributed by atoms with Gasteiger partial charge in [-0.25, -0.2) is 14.4 Å². The third-order valence-electron chi connectivity index (χ3n) is 7.04. The Bertz CT molecular complexity index is 1750. The zero-order valence-electron chi connectivity index (χ0n) is 21.8. The van der Waals surface area contributed by atoms with Crippen molar-refractivity contribution in [3.8, 4) is 11.1 Å². The molecule has 204 valence electrons. The number of hydrogen-bond acceptors (Lipinski definition) is 9. The molecular formula is C26H26FN11O2. The molecule has 5 heterocycles. The summed E-state index contributed by atoms with van der Waals surface area (Å²) in [6.07, 6.45) is 3.36. The molecule has 2 amide bonds. The number of alkyl halides is 1. The summed E-state index contributed by atoms with van der Waals surface area (Å²) < 4.78 is 17.7. The van der Waals surface area contributed by atoms with Gasteiger partial charge >= 0.3 is 0 Å². The van der Waals surface area contributed by atoms with E-state index in [-0.39, 0.29) is 31.9 Å². The van der Waals surface area contributed by atoms with Crippen molar-refractivity contribution < 1.29 is 14.0 Å². The molecule has 1 fully saturated rings. The molecule has 40 heavy (non-hydrogen) atoms. The van der Waals surface area contributed by atoms with Crippen molar-refractivity contribution in [1.29, 1.82) is 0 Å². The molecule has 0 bridgehead atoms. The molecule has 5 aromatic rings. The number of benzene rings is 1. The van der Waals surface area contributed by atoms with Crippen LogP contribution in [0.4, 0.5) is 10.2 Å². The van der Waals surface area contributed by atoms with Gasteiger partial charge in [-0.15, -0.1) is 0 Å². The summed E-state index contributed by atoms with van der Waals surface area (Å²) in [5, 5.41) is 20.6. The molecule has 1 aromatic carbocycles. The van der Waals surface area contributed by atoms with Gasteiger partial charge < -0.3 is 16.0 Å². The first-order valence-corrected chi connectivity index (χ1v) is 12.7. The normalized spacial score (nSPS) is 17.1. The van der Waals surface area contributed by atoms with Gasteiger partial charge in [0.1, 0.15) is 30.4 Å². The van der Waals surface area contributed by atoms with E-state index in [0.29, 0.717) is 28.1 Å². The summed E-state index contributed by atoms with van der Waals surface area (Å²) in [5.41, 5.74) is 9.62. The fourth-order valence-corrected chi connectivity index (χ4v) is 5.11. The molecule has 0 saturated carbocycles. The van der Waals surface area contributed by atoms with Crippen molar-refractivity contribution in [3.05, 3.63) is 54.4 Å². The van der Waals surface area contributed by atoms with Crippen LogP contribution < -0.4 is 11.1 Å².